The van der Waals surface area contributed by atoms with Crippen LogP contribution in [0.25, 0.3) is 5.65 Å². The quantitative estimate of drug-likeness (QED) is 0.698. The van der Waals surface area contributed by atoms with Gasteiger partial charge in [-0.1, -0.05) is 20.8 Å². The van der Waals surface area contributed by atoms with Gasteiger partial charge in [-0.25, -0.2) is 14.4 Å². The molecule has 3 aromatic rings. The molecule has 0 aliphatic heterocycles. The number of aryl methyl sites for hydroxylation is 2. The zero-order valence-electron chi connectivity index (χ0n) is 16.0. The standard InChI is InChI=1S/C20H23FN4OS/c1-11-17(25-10-13(21)6-8-16(25)22-11)18(26)24-19-23-14-7-5-12(20(2,3)4)9-15(14)27-19/h6,8,10,12H,5,7,9H2,1-4H3,(H,23,24,26). The van der Waals surface area contributed by atoms with E-state index in [0.717, 1.165) is 25.0 Å². The number of carbonyl (C=O) groups excluding carboxylic acids is 1. The number of hydrogen-bond donors (Lipinski definition) is 1. The van der Waals surface area contributed by atoms with E-state index in [4.69, 9.17) is 0 Å². The molecule has 0 spiro atoms. The molecular formula is C20H23FN4OS. The van der Waals surface area contributed by atoms with E-state index in [1.54, 1.807) is 24.3 Å². The zero-order chi connectivity index (χ0) is 19.3. The van der Waals surface area contributed by atoms with Crippen LogP contribution in [-0.4, -0.2) is 20.3 Å². The number of nitrogens with zero attached hydrogens (tertiary/aromatic N) is 3. The zero-order valence-corrected chi connectivity index (χ0v) is 16.8. The van der Waals surface area contributed by atoms with Crippen molar-refractivity contribution >= 4 is 28.0 Å². The van der Waals surface area contributed by atoms with E-state index >= 15 is 0 Å². The van der Waals surface area contributed by atoms with Crippen molar-refractivity contribution < 1.29 is 9.18 Å². The molecular weight excluding hydrogens is 363 g/mol. The number of imidazole rings is 1. The molecule has 4 rings (SSSR count). The summed E-state index contributed by atoms with van der Waals surface area (Å²) in [6, 6.07) is 2.90. The molecule has 1 atom stereocenters. The second-order valence-electron chi connectivity index (χ2n) is 8.27. The van der Waals surface area contributed by atoms with Crippen LogP contribution >= 0.6 is 11.3 Å². The first-order chi connectivity index (χ1) is 12.7. The maximum atomic E-state index is 13.6. The summed E-state index contributed by atoms with van der Waals surface area (Å²) >= 11 is 1.55. The Kier molecular flexibility index (Phi) is 4.29. The largest absolute Gasteiger partial charge is 0.296 e. The Labute approximate surface area is 161 Å². The van der Waals surface area contributed by atoms with Gasteiger partial charge in [0.05, 0.1) is 11.4 Å². The van der Waals surface area contributed by atoms with Crippen molar-refractivity contribution in [2.45, 2.75) is 47.0 Å². The summed E-state index contributed by atoms with van der Waals surface area (Å²) in [6.07, 6.45) is 4.36. The number of thiazole rings is 1. The second kappa shape index (κ2) is 6.41. The minimum atomic E-state index is -0.410. The van der Waals surface area contributed by atoms with Gasteiger partial charge in [-0.3, -0.25) is 14.5 Å². The van der Waals surface area contributed by atoms with Crippen LogP contribution in [0, 0.1) is 24.1 Å². The number of aromatic nitrogens is 3. The topological polar surface area (TPSA) is 59.3 Å². The molecule has 3 heterocycles. The summed E-state index contributed by atoms with van der Waals surface area (Å²) in [4.78, 5) is 23.1. The van der Waals surface area contributed by atoms with E-state index in [9.17, 15) is 9.18 Å². The SMILES string of the molecule is Cc1nc2ccc(F)cn2c1C(=O)Nc1nc2c(s1)CC(C(C)(C)C)CC2. The lowest BCUT2D eigenvalue weighted by Gasteiger charge is -2.33. The van der Waals surface area contributed by atoms with Crippen LogP contribution in [-0.2, 0) is 12.8 Å². The summed E-state index contributed by atoms with van der Waals surface area (Å²) in [6.45, 7) is 8.58. The number of amides is 1. The van der Waals surface area contributed by atoms with E-state index in [0.29, 0.717) is 28.1 Å². The number of hydrogen-bond acceptors (Lipinski definition) is 4. The van der Waals surface area contributed by atoms with E-state index in [2.05, 4.69) is 36.1 Å². The van der Waals surface area contributed by atoms with Crippen molar-refractivity contribution in [1.29, 1.82) is 0 Å². The van der Waals surface area contributed by atoms with Crippen molar-refractivity contribution in [2.75, 3.05) is 5.32 Å². The van der Waals surface area contributed by atoms with E-state index < -0.39 is 5.82 Å². The maximum absolute atomic E-state index is 13.6. The molecule has 0 radical (unpaired) electrons. The highest BCUT2D eigenvalue weighted by Crippen LogP contribution is 2.40. The summed E-state index contributed by atoms with van der Waals surface area (Å²) in [5.41, 5.74) is 2.81. The van der Waals surface area contributed by atoms with Crippen molar-refractivity contribution in [1.82, 2.24) is 14.4 Å². The molecule has 1 amide bonds. The molecule has 3 aromatic heterocycles. The lowest BCUT2D eigenvalue weighted by atomic mass is 9.73. The van der Waals surface area contributed by atoms with Crippen LogP contribution in [0.4, 0.5) is 9.52 Å². The smallest absolute Gasteiger partial charge is 0.276 e. The van der Waals surface area contributed by atoms with Gasteiger partial charge in [0.25, 0.3) is 5.91 Å². The van der Waals surface area contributed by atoms with E-state index in [1.165, 1.54) is 21.5 Å². The van der Waals surface area contributed by atoms with Crippen LogP contribution < -0.4 is 5.32 Å². The average Bonchev–Trinajstić information content (AvgIpc) is 3.12. The normalized spacial score (nSPS) is 17.1. The van der Waals surface area contributed by atoms with Gasteiger partial charge in [-0.05, 0) is 49.7 Å². The fraction of sp³-hybridized carbons (Fsp3) is 0.450. The Balaban J connectivity index is 1.59. The third kappa shape index (κ3) is 3.36. The second-order valence-corrected chi connectivity index (χ2v) is 9.35. The minimum absolute atomic E-state index is 0.267. The van der Waals surface area contributed by atoms with Gasteiger partial charge in [0, 0.05) is 11.1 Å². The molecule has 142 valence electrons. The van der Waals surface area contributed by atoms with Crippen LogP contribution in [0.2, 0.25) is 0 Å². The molecule has 27 heavy (non-hydrogen) atoms. The molecule has 0 bridgehead atoms. The highest BCUT2D eigenvalue weighted by Gasteiger charge is 2.31. The van der Waals surface area contributed by atoms with E-state index in [1.807, 2.05) is 0 Å². The predicted octanol–water partition coefficient (Wildman–Crippen LogP) is 4.64. The monoisotopic (exact) mass is 386 g/mol. The number of rotatable bonds is 2. The molecule has 1 aliphatic carbocycles. The fourth-order valence-electron chi connectivity index (χ4n) is 3.73. The molecule has 5 nitrogen and oxygen atoms in total. The fourth-order valence-corrected chi connectivity index (χ4v) is 4.82. The average molecular weight is 386 g/mol. The predicted molar refractivity (Wildman–Crippen MR) is 105 cm³/mol. The Morgan fingerprint density at radius 1 is 1.33 bits per heavy atom. The van der Waals surface area contributed by atoms with E-state index in [-0.39, 0.29) is 11.3 Å². The Morgan fingerprint density at radius 2 is 2.11 bits per heavy atom. The van der Waals surface area contributed by atoms with Gasteiger partial charge >= 0.3 is 0 Å². The lowest BCUT2D eigenvalue weighted by Crippen LogP contribution is -2.26. The molecule has 0 fully saturated rings. The molecule has 0 saturated carbocycles. The number of nitrogens with one attached hydrogen (secondary N) is 1. The number of carbonyl (C=O) groups is 1. The summed E-state index contributed by atoms with van der Waals surface area (Å²) < 4.78 is 15.1. The first-order valence-electron chi connectivity index (χ1n) is 9.16. The third-order valence-corrected chi connectivity index (χ3v) is 6.39. The van der Waals surface area contributed by atoms with Gasteiger partial charge in [-0.2, -0.15) is 0 Å². The number of anilines is 1. The van der Waals surface area contributed by atoms with Crippen LogP contribution in [0.5, 0.6) is 0 Å². The number of halogens is 1. The Morgan fingerprint density at radius 3 is 2.85 bits per heavy atom. The van der Waals surface area contributed by atoms with Crippen LogP contribution in [0.1, 0.15) is 53.9 Å². The van der Waals surface area contributed by atoms with Gasteiger partial charge in [0.1, 0.15) is 17.2 Å². The minimum Gasteiger partial charge on any atom is -0.296 e. The first-order valence-corrected chi connectivity index (χ1v) is 9.98. The van der Waals surface area contributed by atoms with Crippen molar-refractivity contribution in [3.8, 4) is 0 Å². The Hall–Kier alpha value is -2.28. The number of pyridine rings is 1. The highest BCUT2D eigenvalue weighted by atomic mass is 32.1. The first kappa shape index (κ1) is 18.1. The van der Waals surface area contributed by atoms with Gasteiger partial charge < -0.3 is 0 Å². The van der Waals surface area contributed by atoms with Gasteiger partial charge in [0.2, 0.25) is 0 Å². The lowest BCUT2D eigenvalue weighted by molar-refractivity contribution is 0.102. The highest BCUT2D eigenvalue weighted by molar-refractivity contribution is 7.15. The van der Waals surface area contributed by atoms with Crippen molar-refractivity contribution in [2.24, 2.45) is 11.3 Å². The van der Waals surface area contributed by atoms with Crippen LogP contribution in [0.3, 0.4) is 0 Å². The molecule has 1 unspecified atom stereocenters. The number of fused-ring (bicyclic) bond motifs is 2. The summed E-state index contributed by atoms with van der Waals surface area (Å²) in [5.74, 6) is -0.103. The molecule has 1 N–H and O–H groups in total. The van der Waals surface area contributed by atoms with Crippen molar-refractivity contribution in [3.05, 3.63) is 46.1 Å². The molecule has 1 aliphatic rings. The van der Waals surface area contributed by atoms with Gasteiger partial charge in [-0.15, -0.1) is 11.3 Å². The summed E-state index contributed by atoms with van der Waals surface area (Å²) in [5, 5.41) is 3.49. The van der Waals surface area contributed by atoms with Gasteiger partial charge in [0.15, 0.2) is 5.13 Å². The molecule has 0 aromatic carbocycles. The summed E-state index contributed by atoms with van der Waals surface area (Å²) in [7, 11) is 0. The van der Waals surface area contributed by atoms with Crippen LogP contribution in [0.15, 0.2) is 18.3 Å². The molecule has 7 heteroatoms. The van der Waals surface area contributed by atoms with Crippen molar-refractivity contribution in [3.63, 3.8) is 0 Å². The maximum Gasteiger partial charge on any atom is 0.276 e. The Bertz CT molecular complexity index is 1030. The molecule has 0 saturated heterocycles. The third-order valence-electron chi connectivity index (χ3n) is 5.36.